The third-order valence-electron chi connectivity index (χ3n) is 10.0. The van der Waals surface area contributed by atoms with Gasteiger partial charge in [0, 0.05) is 72.3 Å². The second-order valence-electron chi connectivity index (χ2n) is 15.2. The van der Waals surface area contributed by atoms with Gasteiger partial charge in [-0.2, -0.15) is 4.39 Å². The molecule has 0 saturated carbocycles. The number of pyridine rings is 4. The largest absolute Gasteiger partial charge is 0.492 e. The van der Waals surface area contributed by atoms with Gasteiger partial charge in [-0.05, 0) is 29.8 Å². The van der Waals surface area contributed by atoms with Crippen LogP contribution in [0.1, 0.15) is 68.3 Å². The molecular formula is C53H34Cl2F10N4O6. The first-order valence-electron chi connectivity index (χ1n) is 21.2. The van der Waals surface area contributed by atoms with Gasteiger partial charge in [0.05, 0.1) is 18.7 Å². The fourth-order valence-corrected chi connectivity index (χ4v) is 6.61. The van der Waals surface area contributed by atoms with Crippen LogP contribution in [-0.4, -0.2) is 55.5 Å². The number of carbonyl (C=O) groups excluding carboxylic acids is 4. The Labute approximate surface area is 429 Å². The first-order chi connectivity index (χ1) is 35.5. The molecule has 0 aliphatic carbocycles. The van der Waals surface area contributed by atoms with Crippen LogP contribution in [0.2, 0.25) is 10.0 Å². The van der Waals surface area contributed by atoms with Gasteiger partial charge in [0.25, 0.3) is 0 Å². The molecular weight excluding hydrogens is 1050 g/mol. The third-order valence-corrected chi connectivity index (χ3v) is 10.6. The molecule has 1 N–H and O–H groups in total. The van der Waals surface area contributed by atoms with E-state index in [1.165, 1.54) is 75.6 Å². The molecule has 0 fully saturated rings. The first-order valence-corrected chi connectivity index (χ1v) is 21.9. The van der Waals surface area contributed by atoms with Gasteiger partial charge in [-0.3, -0.25) is 19.2 Å². The molecule has 386 valence electrons. The molecule has 4 aromatic heterocycles. The zero-order valence-corrected chi connectivity index (χ0v) is 40.5. The van der Waals surface area contributed by atoms with Crippen LogP contribution in [-0.2, 0) is 6.61 Å². The van der Waals surface area contributed by atoms with Crippen molar-refractivity contribution in [2.75, 3.05) is 7.11 Å². The Balaban J connectivity index is 0.000000185. The van der Waals surface area contributed by atoms with Crippen LogP contribution in [0.4, 0.5) is 43.9 Å². The van der Waals surface area contributed by atoms with E-state index in [9.17, 15) is 63.1 Å². The summed E-state index contributed by atoms with van der Waals surface area (Å²) in [5, 5.41) is 9.32. The number of Topliss-reactive ketones (excluding diaryl/α,β-unsaturated/α-hetero) is 3. The van der Waals surface area contributed by atoms with Gasteiger partial charge in [0.1, 0.15) is 45.6 Å². The van der Waals surface area contributed by atoms with Gasteiger partial charge in [-0.15, -0.1) is 0 Å². The first kappa shape index (κ1) is 57.7. The summed E-state index contributed by atoms with van der Waals surface area (Å²) in [6.07, 6.45) is 0. The van der Waals surface area contributed by atoms with Crippen molar-refractivity contribution >= 4 is 46.6 Å². The molecule has 0 radical (unpaired) electrons. The minimum absolute atomic E-state index is 0.0256. The number of carbonyl (C=O) groups is 4. The number of methoxy groups -OCH3 is 1. The standard InChI is InChI=1S/C14H9ClF3NO2.C13H8ClF2NO.C13H8F3NO2.C13H9F2NO/c1-6(20)10-5-9(16)12(18)13(19-10)7-3-4-8(15)14(21-2)11(7)17;1-7(18)11-6-10(15)12(16)13(17-11)8-2-4-9(14)5-3-8;14-9-5-10(13(16)19)17-12(11(9)15)8-3-1-7(6-18)2-4-8;1-8(17)11-7-10(14)12(15)13(16-11)9-5-3-2-4-6-9/h3-5H,1-2H3;2-6H,1H3;1-5,18H,6H2;2-7H,1H3. The summed E-state index contributed by atoms with van der Waals surface area (Å²) >= 11 is 11.4. The van der Waals surface area contributed by atoms with Crippen molar-refractivity contribution < 1.29 is 72.9 Å². The van der Waals surface area contributed by atoms with Crippen LogP contribution >= 0.6 is 23.2 Å². The second-order valence-corrected chi connectivity index (χ2v) is 16.1. The lowest BCUT2D eigenvalue weighted by atomic mass is 10.1. The molecule has 75 heavy (non-hydrogen) atoms. The summed E-state index contributed by atoms with van der Waals surface area (Å²) < 4.78 is 140. The van der Waals surface area contributed by atoms with Gasteiger partial charge in [-0.25, -0.2) is 59.4 Å². The maximum atomic E-state index is 14.2. The number of hydrogen-bond acceptors (Lipinski definition) is 10. The number of benzene rings is 4. The van der Waals surface area contributed by atoms with Gasteiger partial charge in [0.15, 0.2) is 75.5 Å². The van der Waals surface area contributed by atoms with Crippen molar-refractivity contribution in [3.8, 4) is 50.8 Å². The molecule has 0 amide bonds. The SMILES string of the molecule is CC(=O)c1cc(F)c(F)c(-c2ccc(Cl)cc2)n1.CC(=O)c1cc(F)c(F)c(-c2ccccc2)n1.COc1c(Cl)ccc(-c2nc(C(C)=O)cc(F)c2F)c1F.O=C(F)c1cc(F)c(F)c(-c2ccc(CO)cc2)n1. The van der Waals surface area contributed by atoms with E-state index < -0.39 is 92.8 Å². The van der Waals surface area contributed by atoms with E-state index in [0.717, 1.165) is 25.1 Å². The minimum Gasteiger partial charge on any atom is -0.492 e. The predicted molar refractivity (Wildman–Crippen MR) is 256 cm³/mol. The van der Waals surface area contributed by atoms with Crippen molar-refractivity contribution in [1.82, 2.24) is 19.9 Å². The molecule has 0 unspecified atom stereocenters. The predicted octanol–water partition coefficient (Wildman–Crippen LogP) is 13.8. The fourth-order valence-electron chi connectivity index (χ4n) is 6.26. The molecule has 0 aliphatic heterocycles. The molecule has 22 heteroatoms. The van der Waals surface area contributed by atoms with Gasteiger partial charge >= 0.3 is 6.04 Å². The Morgan fingerprint density at radius 2 is 0.840 bits per heavy atom. The normalized spacial score (nSPS) is 10.5. The van der Waals surface area contributed by atoms with E-state index >= 15 is 0 Å². The number of rotatable bonds is 10. The van der Waals surface area contributed by atoms with Crippen molar-refractivity contribution in [3.63, 3.8) is 0 Å². The molecule has 0 aliphatic rings. The van der Waals surface area contributed by atoms with Crippen LogP contribution in [0.3, 0.4) is 0 Å². The molecule has 8 aromatic rings. The van der Waals surface area contributed by atoms with Crippen molar-refractivity contribution in [2.24, 2.45) is 0 Å². The average Bonchev–Trinajstić information content (AvgIpc) is 3.38. The van der Waals surface area contributed by atoms with Crippen LogP contribution in [0.15, 0.2) is 115 Å². The highest BCUT2D eigenvalue weighted by atomic mass is 35.5. The molecule has 0 bridgehead atoms. The van der Waals surface area contributed by atoms with Crippen LogP contribution in [0.25, 0.3) is 45.0 Å². The Bertz CT molecular complexity index is 3450. The second kappa shape index (κ2) is 25.6. The van der Waals surface area contributed by atoms with Gasteiger partial charge in [0.2, 0.25) is 0 Å². The van der Waals surface area contributed by atoms with E-state index in [2.05, 4.69) is 19.9 Å². The highest BCUT2D eigenvalue weighted by Crippen LogP contribution is 2.36. The lowest BCUT2D eigenvalue weighted by Crippen LogP contribution is -2.05. The lowest BCUT2D eigenvalue weighted by Gasteiger charge is -2.10. The summed E-state index contributed by atoms with van der Waals surface area (Å²) in [5.74, 6) is -12.3. The number of aromatic nitrogens is 4. The van der Waals surface area contributed by atoms with Gasteiger partial charge < -0.3 is 9.84 Å². The quantitative estimate of drug-likeness (QED) is 0.0797. The molecule has 4 heterocycles. The molecule has 0 spiro atoms. The van der Waals surface area contributed by atoms with Crippen molar-refractivity contribution in [3.05, 3.63) is 206 Å². The number of ketones is 3. The Morgan fingerprint density at radius 3 is 1.23 bits per heavy atom. The van der Waals surface area contributed by atoms with E-state index in [0.29, 0.717) is 33.8 Å². The number of hydrogen-bond donors (Lipinski definition) is 1. The summed E-state index contributed by atoms with van der Waals surface area (Å²) in [6.45, 7) is 3.44. The molecule has 10 nitrogen and oxygen atoms in total. The summed E-state index contributed by atoms with van der Waals surface area (Å²) in [4.78, 5) is 58.9. The van der Waals surface area contributed by atoms with E-state index in [1.54, 1.807) is 30.3 Å². The average molecular weight is 1080 g/mol. The minimum atomic E-state index is -1.94. The van der Waals surface area contributed by atoms with Crippen LogP contribution in [0.5, 0.6) is 5.75 Å². The summed E-state index contributed by atoms with van der Waals surface area (Å²) in [6, 6.07) is 23.3. The summed E-state index contributed by atoms with van der Waals surface area (Å²) in [5.41, 5.74) is -1.51. The number of ether oxygens (including phenoxy) is 1. The highest BCUT2D eigenvalue weighted by Gasteiger charge is 2.23. The number of halogens is 12. The summed E-state index contributed by atoms with van der Waals surface area (Å²) in [7, 11) is 1.18. The Hall–Kier alpha value is -8.20. The zero-order chi connectivity index (χ0) is 55.4. The number of aliphatic hydroxyl groups is 1. The maximum Gasteiger partial charge on any atom is 0.350 e. The van der Waals surface area contributed by atoms with Crippen LogP contribution in [0, 0.1) is 52.4 Å². The molecule has 4 aromatic carbocycles. The zero-order valence-electron chi connectivity index (χ0n) is 39.0. The van der Waals surface area contributed by atoms with E-state index in [-0.39, 0.29) is 57.0 Å². The lowest BCUT2D eigenvalue weighted by molar-refractivity contribution is 0.0828. The number of nitrogens with zero attached hydrogens (tertiary/aromatic N) is 4. The van der Waals surface area contributed by atoms with Crippen LogP contribution < -0.4 is 4.74 Å². The third kappa shape index (κ3) is 14.3. The van der Waals surface area contributed by atoms with E-state index in [4.69, 9.17) is 33.0 Å². The monoisotopic (exact) mass is 1080 g/mol. The number of aliphatic hydroxyl groups excluding tert-OH is 1. The van der Waals surface area contributed by atoms with Gasteiger partial charge in [-0.1, -0.05) is 89.9 Å². The smallest absolute Gasteiger partial charge is 0.350 e. The molecule has 0 atom stereocenters. The Morgan fingerprint density at radius 1 is 0.480 bits per heavy atom. The topological polar surface area (TPSA) is 149 Å². The highest BCUT2D eigenvalue weighted by molar-refractivity contribution is 6.32. The van der Waals surface area contributed by atoms with E-state index in [1.807, 2.05) is 0 Å². The Kier molecular flexibility index (Phi) is 19.7. The molecule has 0 saturated heterocycles. The van der Waals surface area contributed by atoms with Crippen molar-refractivity contribution in [1.29, 1.82) is 0 Å². The van der Waals surface area contributed by atoms with Crippen molar-refractivity contribution in [2.45, 2.75) is 27.4 Å². The fraction of sp³-hybridized carbons (Fsp3) is 0.0943. The molecule has 8 rings (SSSR count). The maximum absolute atomic E-state index is 14.2.